The minimum absolute atomic E-state index is 0.00344. The Balaban J connectivity index is 1.72. The maximum atomic E-state index is 12.9. The Bertz CT molecular complexity index is 759. The van der Waals surface area contributed by atoms with E-state index in [4.69, 9.17) is 9.47 Å². The van der Waals surface area contributed by atoms with Crippen LogP contribution >= 0.6 is 0 Å². The highest BCUT2D eigenvalue weighted by atomic mass is 19.4. The van der Waals surface area contributed by atoms with Crippen LogP contribution in [0.3, 0.4) is 0 Å². The van der Waals surface area contributed by atoms with Gasteiger partial charge in [-0.05, 0) is 39.0 Å². The Labute approximate surface area is 155 Å². The first-order valence-corrected chi connectivity index (χ1v) is 8.80. The highest BCUT2D eigenvalue weighted by Gasteiger charge is 2.45. The fourth-order valence-electron chi connectivity index (χ4n) is 3.37. The number of amides is 1. The molecule has 0 N–H and O–H groups in total. The minimum Gasteiger partial charge on any atom is -0.486 e. The summed E-state index contributed by atoms with van der Waals surface area (Å²) in [6, 6.07) is 2.97. The summed E-state index contributed by atoms with van der Waals surface area (Å²) in [5, 5.41) is 0. The van der Waals surface area contributed by atoms with E-state index >= 15 is 0 Å². The third kappa shape index (κ3) is 4.20. The zero-order chi connectivity index (χ0) is 20.0. The van der Waals surface area contributed by atoms with E-state index in [0.717, 1.165) is 12.1 Å². The monoisotopic (exact) mass is 385 g/mol. The highest BCUT2D eigenvalue weighted by Crippen LogP contribution is 2.41. The second-order valence-corrected chi connectivity index (χ2v) is 8.06. The van der Waals surface area contributed by atoms with Gasteiger partial charge in [0, 0.05) is 25.9 Å². The number of hydrogen-bond donors (Lipinski definition) is 0. The fraction of sp³-hybridized carbons (Fsp3) is 0.579. The summed E-state index contributed by atoms with van der Waals surface area (Å²) in [5.41, 5.74) is -2.29. The molecule has 148 valence electrons. The molecule has 8 heteroatoms. The van der Waals surface area contributed by atoms with Crippen LogP contribution in [-0.4, -0.2) is 41.1 Å². The summed E-state index contributed by atoms with van der Waals surface area (Å²) in [5.74, 6) is -0.196. The number of carbonyl (C=O) groups excluding carboxylic acids is 2. The third-order valence-corrected chi connectivity index (χ3v) is 4.74. The standard InChI is InChI=1S/C19H22F3NO4/c1-17(2,3)27-16(25)23-8-6-18(7-9-23)11-14(24)13-10-12(19(20,21)22)4-5-15(13)26-18/h4-5,10H,6-9,11H2,1-3H3. The zero-order valence-corrected chi connectivity index (χ0v) is 15.5. The van der Waals surface area contributed by atoms with Gasteiger partial charge >= 0.3 is 12.3 Å². The SMILES string of the molecule is CC(C)(C)OC(=O)N1CCC2(CC1)CC(=O)c1cc(C(F)(F)F)ccc1O2. The molecule has 1 saturated heterocycles. The van der Waals surface area contributed by atoms with Gasteiger partial charge in [-0.1, -0.05) is 0 Å². The first kappa shape index (κ1) is 19.5. The lowest BCUT2D eigenvalue weighted by Gasteiger charge is -2.44. The number of piperidine rings is 1. The van der Waals surface area contributed by atoms with Crippen LogP contribution < -0.4 is 4.74 Å². The molecule has 1 aromatic rings. The number of rotatable bonds is 0. The maximum Gasteiger partial charge on any atom is 0.416 e. The van der Waals surface area contributed by atoms with E-state index in [1.165, 1.54) is 6.07 Å². The lowest BCUT2D eigenvalue weighted by molar-refractivity contribution is -0.137. The third-order valence-electron chi connectivity index (χ3n) is 4.74. The van der Waals surface area contributed by atoms with Crippen molar-refractivity contribution in [3.05, 3.63) is 29.3 Å². The van der Waals surface area contributed by atoms with Crippen LogP contribution in [0.15, 0.2) is 18.2 Å². The van der Waals surface area contributed by atoms with Gasteiger partial charge in [0.2, 0.25) is 0 Å². The van der Waals surface area contributed by atoms with Crippen molar-refractivity contribution in [3.8, 4) is 5.75 Å². The number of likely N-dealkylation sites (tertiary alicyclic amines) is 1. The van der Waals surface area contributed by atoms with Crippen molar-refractivity contribution in [2.75, 3.05) is 13.1 Å². The molecule has 27 heavy (non-hydrogen) atoms. The molecule has 1 fully saturated rings. The molecule has 0 aromatic heterocycles. The molecule has 0 bridgehead atoms. The van der Waals surface area contributed by atoms with Gasteiger partial charge in [-0.25, -0.2) is 4.79 Å². The number of ether oxygens (including phenoxy) is 2. The van der Waals surface area contributed by atoms with Crippen molar-refractivity contribution in [2.45, 2.75) is 57.4 Å². The van der Waals surface area contributed by atoms with Crippen molar-refractivity contribution in [1.82, 2.24) is 4.90 Å². The van der Waals surface area contributed by atoms with E-state index < -0.39 is 29.0 Å². The molecule has 0 unspecified atom stereocenters. The number of fused-ring (bicyclic) bond motifs is 1. The van der Waals surface area contributed by atoms with E-state index in [0.29, 0.717) is 25.9 Å². The van der Waals surface area contributed by atoms with E-state index in [-0.39, 0.29) is 23.5 Å². The van der Waals surface area contributed by atoms with E-state index in [2.05, 4.69) is 0 Å². The maximum absolute atomic E-state index is 12.9. The normalized spacial score (nSPS) is 19.5. The summed E-state index contributed by atoms with van der Waals surface area (Å²) in [7, 11) is 0. The number of benzene rings is 1. The molecular formula is C19H22F3NO4. The number of nitrogens with zero attached hydrogens (tertiary/aromatic N) is 1. The number of hydrogen-bond acceptors (Lipinski definition) is 4. The largest absolute Gasteiger partial charge is 0.486 e. The molecule has 1 spiro atoms. The van der Waals surface area contributed by atoms with Gasteiger partial charge in [0.15, 0.2) is 5.78 Å². The molecule has 2 aliphatic heterocycles. The second-order valence-electron chi connectivity index (χ2n) is 8.06. The number of ketones is 1. The van der Waals surface area contributed by atoms with Crippen LogP contribution in [0.5, 0.6) is 5.75 Å². The first-order chi connectivity index (χ1) is 12.4. The lowest BCUT2D eigenvalue weighted by Crippen LogP contribution is -2.53. The number of alkyl halides is 3. The van der Waals surface area contributed by atoms with E-state index in [9.17, 15) is 22.8 Å². The predicted molar refractivity (Wildman–Crippen MR) is 90.8 cm³/mol. The van der Waals surface area contributed by atoms with Gasteiger partial charge in [-0.2, -0.15) is 13.2 Å². The zero-order valence-electron chi connectivity index (χ0n) is 15.5. The van der Waals surface area contributed by atoms with Crippen LogP contribution in [0, 0.1) is 0 Å². The number of carbonyl (C=O) groups is 2. The molecule has 2 aliphatic rings. The fourth-order valence-corrected chi connectivity index (χ4v) is 3.37. The quantitative estimate of drug-likeness (QED) is 0.663. The van der Waals surface area contributed by atoms with Crippen molar-refractivity contribution in [2.24, 2.45) is 0 Å². The number of halogens is 3. The van der Waals surface area contributed by atoms with Crippen molar-refractivity contribution in [1.29, 1.82) is 0 Å². The molecule has 0 aliphatic carbocycles. The average molecular weight is 385 g/mol. The molecule has 0 atom stereocenters. The van der Waals surface area contributed by atoms with E-state index in [1.807, 2.05) is 0 Å². The molecule has 5 nitrogen and oxygen atoms in total. The summed E-state index contributed by atoms with van der Waals surface area (Å²) < 4.78 is 49.9. The van der Waals surface area contributed by atoms with Crippen molar-refractivity contribution in [3.63, 3.8) is 0 Å². The molecule has 1 amide bonds. The van der Waals surface area contributed by atoms with Crippen LogP contribution in [0.2, 0.25) is 0 Å². The van der Waals surface area contributed by atoms with Crippen molar-refractivity contribution >= 4 is 11.9 Å². The summed E-state index contributed by atoms with van der Waals surface area (Å²) in [4.78, 5) is 26.2. The number of Topliss-reactive ketones (excluding diaryl/α,β-unsaturated/α-hetero) is 1. The molecule has 2 heterocycles. The molecule has 0 radical (unpaired) electrons. The van der Waals surface area contributed by atoms with Crippen LogP contribution in [0.1, 0.15) is 56.0 Å². The summed E-state index contributed by atoms with van der Waals surface area (Å²) in [6.45, 7) is 6.07. The van der Waals surface area contributed by atoms with Crippen LogP contribution in [0.4, 0.5) is 18.0 Å². The Hall–Kier alpha value is -2.25. The Morgan fingerprint density at radius 1 is 1.19 bits per heavy atom. The van der Waals surface area contributed by atoms with Gasteiger partial charge in [-0.3, -0.25) is 4.79 Å². The van der Waals surface area contributed by atoms with Gasteiger partial charge in [-0.15, -0.1) is 0 Å². The average Bonchev–Trinajstić information content (AvgIpc) is 2.52. The Morgan fingerprint density at radius 2 is 1.81 bits per heavy atom. The molecular weight excluding hydrogens is 363 g/mol. The van der Waals surface area contributed by atoms with Gasteiger partial charge in [0.05, 0.1) is 17.5 Å². The smallest absolute Gasteiger partial charge is 0.416 e. The summed E-state index contributed by atoms with van der Waals surface area (Å²) in [6.07, 6.45) is -4.10. The van der Waals surface area contributed by atoms with Gasteiger partial charge in [0.1, 0.15) is 17.0 Å². The van der Waals surface area contributed by atoms with Crippen LogP contribution in [-0.2, 0) is 10.9 Å². The second kappa shape index (κ2) is 6.42. The lowest BCUT2D eigenvalue weighted by atomic mass is 9.82. The van der Waals surface area contributed by atoms with Gasteiger partial charge in [0.25, 0.3) is 0 Å². The van der Waals surface area contributed by atoms with Crippen molar-refractivity contribution < 1.29 is 32.2 Å². The van der Waals surface area contributed by atoms with Crippen LogP contribution in [0.25, 0.3) is 0 Å². The highest BCUT2D eigenvalue weighted by molar-refractivity contribution is 6.00. The molecule has 3 rings (SSSR count). The predicted octanol–water partition coefficient (Wildman–Crippen LogP) is 4.44. The molecule has 0 saturated carbocycles. The Kier molecular flexibility index (Phi) is 4.64. The first-order valence-electron chi connectivity index (χ1n) is 8.80. The van der Waals surface area contributed by atoms with E-state index in [1.54, 1.807) is 25.7 Å². The summed E-state index contributed by atoms with van der Waals surface area (Å²) >= 11 is 0. The minimum atomic E-state index is -4.51. The van der Waals surface area contributed by atoms with Gasteiger partial charge < -0.3 is 14.4 Å². The molecule has 1 aromatic carbocycles. The Morgan fingerprint density at radius 3 is 2.37 bits per heavy atom. The topological polar surface area (TPSA) is 55.8 Å².